The van der Waals surface area contributed by atoms with Crippen molar-refractivity contribution in [1.82, 2.24) is 5.32 Å². The van der Waals surface area contributed by atoms with Crippen LogP contribution in [0.1, 0.15) is 26.7 Å². The van der Waals surface area contributed by atoms with Gasteiger partial charge in [-0.3, -0.25) is 0 Å². The summed E-state index contributed by atoms with van der Waals surface area (Å²) in [6.07, 6.45) is 2.21. The van der Waals surface area contributed by atoms with Crippen molar-refractivity contribution in [3.05, 3.63) is 28.2 Å². The largest absolute Gasteiger partial charge is 0.488 e. The molecule has 1 atom stereocenters. The van der Waals surface area contributed by atoms with Gasteiger partial charge in [-0.05, 0) is 35.3 Å². The van der Waals surface area contributed by atoms with Crippen molar-refractivity contribution in [3.63, 3.8) is 0 Å². The molecule has 0 spiro atoms. The van der Waals surface area contributed by atoms with Gasteiger partial charge in [0.15, 0.2) is 11.6 Å². The van der Waals surface area contributed by atoms with Crippen LogP contribution in [-0.4, -0.2) is 19.2 Å². The molecule has 0 bridgehead atoms. The van der Waals surface area contributed by atoms with Crippen molar-refractivity contribution in [2.24, 2.45) is 0 Å². The molecule has 1 aromatic carbocycles. The Bertz CT molecular complexity index is 364. The van der Waals surface area contributed by atoms with Gasteiger partial charge in [0.05, 0.1) is 4.47 Å². The van der Waals surface area contributed by atoms with Crippen LogP contribution < -0.4 is 10.1 Å². The number of hydrogen-bond donors (Lipinski definition) is 1. The predicted octanol–water partition coefficient (Wildman–Crippen LogP) is 3.88. The quantitative estimate of drug-likeness (QED) is 0.769. The van der Waals surface area contributed by atoms with Crippen LogP contribution in [0.25, 0.3) is 0 Å². The van der Waals surface area contributed by atoms with Crippen LogP contribution in [0.3, 0.4) is 0 Å². The van der Waals surface area contributed by atoms with E-state index in [4.69, 9.17) is 4.74 Å². The highest BCUT2D eigenvalue weighted by atomic mass is 79.9. The number of nitrogens with one attached hydrogen (secondary N) is 1. The van der Waals surface area contributed by atoms with E-state index in [0.717, 1.165) is 18.9 Å². The van der Waals surface area contributed by atoms with E-state index in [1.807, 2.05) is 0 Å². The van der Waals surface area contributed by atoms with Crippen LogP contribution in [0.2, 0.25) is 0 Å². The molecule has 1 rings (SSSR count). The molecule has 18 heavy (non-hydrogen) atoms. The number of ether oxygens (including phenoxy) is 1. The SMILES string of the molecule is CCCC(C)NCCOc1c(F)cc(F)cc1Br. The Morgan fingerprint density at radius 2 is 2.11 bits per heavy atom. The van der Waals surface area contributed by atoms with Crippen molar-refractivity contribution < 1.29 is 13.5 Å². The van der Waals surface area contributed by atoms with Crippen molar-refractivity contribution >= 4 is 15.9 Å². The molecule has 0 fully saturated rings. The third kappa shape index (κ3) is 4.90. The van der Waals surface area contributed by atoms with Gasteiger partial charge < -0.3 is 10.1 Å². The average molecular weight is 322 g/mol. The van der Waals surface area contributed by atoms with Gasteiger partial charge in [-0.2, -0.15) is 0 Å². The lowest BCUT2D eigenvalue weighted by molar-refractivity contribution is 0.288. The average Bonchev–Trinajstić information content (AvgIpc) is 2.27. The highest BCUT2D eigenvalue weighted by Crippen LogP contribution is 2.28. The first-order valence-electron chi connectivity index (χ1n) is 6.05. The van der Waals surface area contributed by atoms with Crippen LogP contribution in [0.5, 0.6) is 5.75 Å². The van der Waals surface area contributed by atoms with E-state index in [2.05, 4.69) is 35.1 Å². The zero-order valence-corrected chi connectivity index (χ0v) is 12.2. The monoisotopic (exact) mass is 321 g/mol. The molecular weight excluding hydrogens is 304 g/mol. The Labute approximate surface area is 115 Å². The smallest absolute Gasteiger partial charge is 0.169 e. The predicted molar refractivity (Wildman–Crippen MR) is 71.9 cm³/mol. The van der Waals surface area contributed by atoms with Gasteiger partial charge in [0, 0.05) is 18.7 Å². The Morgan fingerprint density at radius 3 is 2.72 bits per heavy atom. The molecule has 2 nitrogen and oxygen atoms in total. The number of benzene rings is 1. The van der Waals surface area contributed by atoms with Gasteiger partial charge in [0.25, 0.3) is 0 Å². The summed E-state index contributed by atoms with van der Waals surface area (Å²) < 4.78 is 31.8. The summed E-state index contributed by atoms with van der Waals surface area (Å²) in [5, 5.41) is 3.27. The number of hydrogen-bond acceptors (Lipinski definition) is 2. The lowest BCUT2D eigenvalue weighted by Gasteiger charge is -2.14. The summed E-state index contributed by atoms with van der Waals surface area (Å²) >= 11 is 3.08. The first-order valence-corrected chi connectivity index (χ1v) is 6.84. The van der Waals surface area contributed by atoms with E-state index < -0.39 is 11.6 Å². The number of rotatable bonds is 7. The van der Waals surface area contributed by atoms with Gasteiger partial charge in [0.2, 0.25) is 0 Å². The Morgan fingerprint density at radius 1 is 1.39 bits per heavy atom. The summed E-state index contributed by atoms with van der Waals surface area (Å²) in [6, 6.07) is 2.42. The summed E-state index contributed by atoms with van der Waals surface area (Å²) in [7, 11) is 0. The first kappa shape index (κ1) is 15.4. The van der Waals surface area contributed by atoms with Crippen LogP contribution in [-0.2, 0) is 0 Å². The molecule has 0 amide bonds. The maximum Gasteiger partial charge on any atom is 0.169 e. The van der Waals surface area contributed by atoms with Crippen LogP contribution in [0.15, 0.2) is 16.6 Å². The Hall–Kier alpha value is -0.680. The molecule has 0 aliphatic carbocycles. The van der Waals surface area contributed by atoms with Crippen LogP contribution in [0, 0.1) is 11.6 Å². The summed E-state index contributed by atoms with van der Waals surface area (Å²) in [5.74, 6) is -1.26. The third-order valence-corrected chi connectivity index (χ3v) is 3.12. The molecule has 0 radical (unpaired) electrons. The Kier molecular flexibility index (Phi) is 6.57. The molecular formula is C13H18BrF2NO. The van der Waals surface area contributed by atoms with Gasteiger partial charge in [-0.1, -0.05) is 13.3 Å². The molecule has 0 aliphatic rings. The van der Waals surface area contributed by atoms with E-state index in [0.29, 0.717) is 23.7 Å². The molecule has 0 aliphatic heterocycles. The zero-order valence-electron chi connectivity index (χ0n) is 10.6. The van der Waals surface area contributed by atoms with Crippen molar-refractivity contribution in [2.75, 3.05) is 13.2 Å². The molecule has 5 heteroatoms. The molecule has 102 valence electrons. The highest BCUT2D eigenvalue weighted by molar-refractivity contribution is 9.10. The number of halogens is 3. The minimum absolute atomic E-state index is 0.0568. The van der Waals surface area contributed by atoms with Crippen molar-refractivity contribution in [1.29, 1.82) is 0 Å². The van der Waals surface area contributed by atoms with Crippen LogP contribution >= 0.6 is 15.9 Å². The molecule has 1 aromatic rings. The topological polar surface area (TPSA) is 21.3 Å². The van der Waals surface area contributed by atoms with E-state index in [1.54, 1.807) is 0 Å². The molecule has 0 saturated carbocycles. The second-order valence-electron chi connectivity index (χ2n) is 4.19. The van der Waals surface area contributed by atoms with Crippen molar-refractivity contribution in [3.8, 4) is 5.75 Å². The molecule has 0 aromatic heterocycles. The minimum Gasteiger partial charge on any atom is -0.488 e. The van der Waals surface area contributed by atoms with E-state index in [1.165, 1.54) is 6.07 Å². The normalized spacial score (nSPS) is 12.5. The highest BCUT2D eigenvalue weighted by Gasteiger charge is 2.10. The lowest BCUT2D eigenvalue weighted by Crippen LogP contribution is -2.30. The van der Waals surface area contributed by atoms with Gasteiger partial charge in [-0.25, -0.2) is 8.78 Å². The second kappa shape index (κ2) is 7.69. The molecule has 1 N–H and O–H groups in total. The van der Waals surface area contributed by atoms with E-state index in [9.17, 15) is 8.78 Å². The lowest BCUT2D eigenvalue weighted by atomic mass is 10.2. The van der Waals surface area contributed by atoms with Gasteiger partial charge >= 0.3 is 0 Å². The van der Waals surface area contributed by atoms with Gasteiger partial charge in [0.1, 0.15) is 12.4 Å². The van der Waals surface area contributed by atoms with E-state index >= 15 is 0 Å². The third-order valence-electron chi connectivity index (χ3n) is 2.53. The summed E-state index contributed by atoms with van der Waals surface area (Å²) in [6.45, 7) is 5.19. The fourth-order valence-electron chi connectivity index (χ4n) is 1.66. The summed E-state index contributed by atoms with van der Waals surface area (Å²) in [4.78, 5) is 0. The maximum absolute atomic E-state index is 13.4. The standard InChI is InChI=1S/C13H18BrF2NO/c1-3-4-9(2)17-5-6-18-13-11(14)7-10(15)8-12(13)16/h7-9,17H,3-6H2,1-2H3. The molecule has 0 heterocycles. The fraction of sp³-hybridized carbons (Fsp3) is 0.538. The van der Waals surface area contributed by atoms with Gasteiger partial charge in [-0.15, -0.1) is 0 Å². The minimum atomic E-state index is -0.691. The zero-order chi connectivity index (χ0) is 13.5. The molecule has 0 saturated heterocycles. The molecule has 1 unspecified atom stereocenters. The van der Waals surface area contributed by atoms with E-state index in [-0.39, 0.29) is 5.75 Å². The fourth-order valence-corrected chi connectivity index (χ4v) is 2.18. The summed E-state index contributed by atoms with van der Waals surface area (Å²) in [5.41, 5.74) is 0. The Balaban J connectivity index is 2.40. The van der Waals surface area contributed by atoms with Crippen LogP contribution in [0.4, 0.5) is 8.78 Å². The van der Waals surface area contributed by atoms with Crippen molar-refractivity contribution in [2.45, 2.75) is 32.7 Å². The first-order chi connectivity index (χ1) is 8.54. The maximum atomic E-state index is 13.4. The second-order valence-corrected chi connectivity index (χ2v) is 5.05.